The normalized spacial score (nSPS) is 17.9. The number of rotatable bonds is 5. The fourth-order valence-corrected chi connectivity index (χ4v) is 7.49. The van der Waals surface area contributed by atoms with Gasteiger partial charge in [-0.05, 0) is 36.8 Å². The van der Waals surface area contributed by atoms with E-state index < -0.39 is 7.92 Å². The largest absolute Gasteiger partial charge is 0.496 e. The lowest BCUT2D eigenvalue weighted by atomic mass is 10.0. The molecule has 0 radical (unpaired) electrons. The lowest BCUT2D eigenvalue weighted by Gasteiger charge is -2.33. The quantitative estimate of drug-likeness (QED) is 0.458. The van der Waals surface area contributed by atoms with E-state index >= 15 is 0 Å². The Hall–Kier alpha value is -2.51. The average Bonchev–Trinajstić information content (AvgIpc) is 3.12. The summed E-state index contributed by atoms with van der Waals surface area (Å²) in [5.74, 6) is 2.76. The van der Waals surface area contributed by atoms with Crippen LogP contribution in [-0.4, -0.2) is 25.2 Å². The van der Waals surface area contributed by atoms with Crippen LogP contribution in [0.4, 0.5) is 0 Å². The van der Waals surface area contributed by atoms with Crippen LogP contribution >= 0.6 is 7.92 Å². The lowest BCUT2D eigenvalue weighted by molar-refractivity contribution is 0.293. The number of benzene rings is 3. The van der Waals surface area contributed by atoms with Gasteiger partial charge in [-0.1, -0.05) is 69.3 Å². The van der Waals surface area contributed by atoms with Crippen LogP contribution in [0.15, 0.2) is 66.7 Å². The summed E-state index contributed by atoms with van der Waals surface area (Å²) in [5.41, 5.74) is 3.46. The van der Waals surface area contributed by atoms with Gasteiger partial charge in [0, 0.05) is 17.3 Å². The van der Waals surface area contributed by atoms with E-state index in [2.05, 4.69) is 69.3 Å². The second kappa shape index (κ2) is 8.32. The Morgan fingerprint density at radius 2 is 1.47 bits per heavy atom. The first kappa shape index (κ1) is 20.8. The molecule has 0 saturated carbocycles. The third-order valence-corrected chi connectivity index (χ3v) is 8.72. The number of hydrogen-bond donors (Lipinski definition) is 0. The van der Waals surface area contributed by atoms with E-state index in [0.717, 1.165) is 34.8 Å². The first-order chi connectivity index (χ1) is 14.4. The molecule has 156 valence electrons. The summed E-state index contributed by atoms with van der Waals surface area (Å²) in [7, 11) is 2.82. The Kier molecular flexibility index (Phi) is 5.75. The van der Waals surface area contributed by atoms with Crippen molar-refractivity contribution in [2.45, 2.75) is 38.2 Å². The molecular weight excluding hydrogens is 391 g/mol. The highest BCUT2D eigenvalue weighted by molar-refractivity contribution is 7.68. The lowest BCUT2D eigenvalue weighted by Crippen LogP contribution is -2.26. The number of ether oxygens (including phenoxy) is 3. The van der Waals surface area contributed by atoms with Gasteiger partial charge in [-0.25, -0.2) is 0 Å². The summed E-state index contributed by atoms with van der Waals surface area (Å²) in [4.78, 5) is 0. The molecule has 0 amide bonds. The molecule has 0 aromatic heterocycles. The van der Waals surface area contributed by atoms with Crippen LogP contribution < -0.4 is 19.5 Å². The van der Waals surface area contributed by atoms with E-state index in [1.165, 1.54) is 10.9 Å². The van der Waals surface area contributed by atoms with Gasteiger partial charge in [-0.15, -0.1) is 0 Å². The molecule has 0 saturated heterocycles. The Labute approximate surface area is 180 Å². The highest BCUT2D eigenvalue weighted by atomic mass is 31.1. The highest BCUT2D eigenvalue weighted by Gasteiger charge is 2.43. The van der Waals surface area contributed by atoms with Crippen molar-refractivity contribution in [3.05, 3.63) is 72.3 Å². The molecular formula is C26H29O3P. The van der Waals surface area contributed by atoms with Gasteiger partial charge in [0.25, 0.3) is 0 Å². The van der Waals surface area contributed by atoms with Crippen LogP contribution in [0.1, 0.15) is 26.3 Å². The van der Waals surface area contributed by atoms with Crippen molar-refractivity contribution in [1.29, 1.82) is 0 Å². The smallest absolute Gasteiger partial charge is 0.130 e. The average molecular weight is 420 g/mol. The van der Waals surface area contributed by atoms with Gasteiger partial charge in [-0.3, -0.25) is 0 Å². The molecule has 3 aromatic carbocycles. The minimum Gasteiger partial charge on any atom is -0.496 e. The van der Waals surface area contributed by atoms with Gasteiger partial charge in [-0.2, -0.15) is 0 Å². The highest BCUT2D eigenvalue weighted by Crippen LogP contribution is 2.61. The second-order valence-corrected chi connectivity index (χ2v) is 11.6. The molecule has 0 unspecified atom stereocenters. The molecule has 2 atom stereocenters. The molecule has 1 aliphatic heterocycles. The zero-order valence-corrected chi connectivity index (χ0v) is 19.2. The van der Waals surface area contributed by atoms with Crippen LogP contribution in [-0.2, 0) is 6.42 Å². The van der Waals surface area contributed by atoms with E-state index in [9.17, 15) is 0 Å². The van der Waals surface area contributed by atoms with E-state index in [-0.39, 0.29) is 11.0 Å². The van der Waals surface area contributed by atoms with Crippen molar-refractivity contribution in [2.75, 3.05) is 14.2 Å². The SMILES string of the molecule is COc1cccc(OC)c1-c1cccc2c1[P@@](C(C)(C)C)[C@H](Cc1ccccc1)O2. The van der Waals surface area contributed by atoms with Crippen molar-refractivity contribution < 1.29 is 14.2 Å². The Morgan fingerprint density at radius 3 is 2.07 bits per heavy atom. The molecule has 30 heavy (non-hydrogen) atoms. The summed E-state index contributed by atoms with van der Waals surface area (Å²) in [6, 6.07) is 22.9. The van der Waals surface area contributed by atoms with Crippen LogP contribution in [0.5, 0.6) is 17.2 Å². The topological polar surface area (TPSA) is 27.7 Å². The zero-order chi connectivity index (χ0) is 21.3. The summed E-state index contributed by atoms with van der Waals surface area (Å²) >= 11 is 0. The van der Waals surface area contributed by atoms with E-state index in [0.29, 0.717) is 0 Å². The molecule has 1 heterocycles. The number of fused-ring (bicyclic) bond motifs is 1. The van der Waals surface area contributed by atoms with Gasteiger partial charge in [0.15, 0.2) is 0 Å². The Bertz CT molecular complexity index is 1000. The molecule has 3 nitrogen and oxygen atoms in total. The number of hydrogen-bond acceptors (Lipinski definition) is 3. The van der Waals surface area contributed by atoms with Crippen molar-refractivity contribution in [3.63, 3.8) is 0 Å². The summed E-state index contributed by atoms with van der Waals surface area (Å²) in [5, 5.41) is 1.40. The maximum atomic E-state index is 6.61. The van der Waals surface area contributed by atoms with Gasteiger partial charge in [0.2, 0.25) is 0 Å². The van der Waals surface area contributed by atoms with Gasteiger partial charge < -0.3 is 14.2 Å². The van der Waals surface area contributed by atoms with Gasteiger partial charge >= 0.3 is 0 Å². The minimum atomic E-state index is -0.602. The summed E-state index contributed by atoms with van der Waals surface area (Å²) < 4.78 is 18.1. The molecule has 0 N–H and O–H groups in total. The monoisotopic (exact) mass is 420 g/mol. The fraction of sp³-hybridized carbons (Fsp3) is 0.308. The van der Waals surface area contributed by atoms with Crippen LogP contribution in [0.2, 0.25) is 0 Å². The standard InChI is InChI=1S/C26H29O3P/c1-26(2,3)30-23(17-18-11-7-6-8-12-18)29-22-16-9-13-19(25(22)30)24-20(27-4)14-10-15-21(24)28-5/h6-16,23H,17H2,1-5H3/t23-,30+/m1/s1. The maximum Gasteiger partial charge on any atom is 0.130 e. The molecule has 0 aliphatic carbocycles. The first-order valence-corrected chi connectivity index (χ1v) is 11.7. The molecule has 4 rings (SSSR count). The van der Waals surface area contributed by atoms with Crippen LogP contribution in [0.25, 0.3) is 11.1 Å². The molecule has 0 bridgehead atoms. The Morgan fingerprint density at radius 1 is 0.833 bits per heavy atom. The second-order valence-electron chi connectivity index (χ2n) is 8.49. The van der Waals surface area contributed by atoms with E-state index in [1.807, 2.05) is 18.2 Å². The predicted molar refractivity (Wildman–Crippen MR) is 126 cm³/mol. The molecule has 0 fully saturated rings. The number of methoxy groups -OCH3 is 2. The third kappa shape index (κ3) is 3.79. The Balaban J connectivity index is 1.87. The fourth-order valence-electron chi connectivity index (χ4n) is 4.24. The van der Waals surface area contributed by atoms with Gasteiger partial charge in [0.05, 0.1) is 19.8 Å². The predicted octanol–water partition coefficient (Wildman–Crippen LogP) is 6.24. The third-order valence-electron chi connectivity index (χ3n) is 5.46. The maximum absolute atomic E-state index is 6.61. The minimum absolute atomic E-state index is 0.0887. The molecule has 0 spiro atoms. The van der Waals surface area contributed by atoms with Crippen molar-refractivity contribution >= 4 is 13.2 Å². The summed E-state index contributed by atoms with van der Waals surface area (Å²) in [6.07, 6.45) is 0.904. The summed E-state index contributed by atoms with van der Waals surface area (Å²) in [6.45, 7) is 6.97. The molecule has 3 aromatic rings. The van der Waals surface area contributed by atoms with Gasteiger partial charge in [0.1, 0.15) is 23.1 Å². The first-order valence-electron chi connectivity index (χ1n) is 10.3. The van der Waals surface area contributed by atoms with Crippen molar-refractivity contribution in [1.82, 2.24) is 0 Å². The van der Waals surface area contributed by atoms with Crippen LogP contribution in [0, 0.1) is 0 Å². The van der Waals surface area contributed by atoms with E-state index in [4.69, 9.17) is 14.2 Å². The van der Waals surface area contributed by atoms with Crippen LogP contribution in [0.3, 0.4) is 0 Å². The zero-order valence-electron chi connectivity index (χ0n) is 18.3. The van der Waals surface area contributed by atoms with E-state index in [1.54, 1.807) is 14.2 Å². The molecule has 4 heteroatoms. The molecule has 1 aliphatic rings. The van der Waals surface area contributed by atoms with Crippen molar-refractivity contribution in [2.24, 2.45) is 0 Å². The van der Waals surface area contributed by atoms with Crippen molar-refractivity contribution in [3.8, 4) is 28.4 Å².